The fourth-order valence-corrected chi connectivity index (χ4v) is 2.41. The van der Waals surface area contributed by atoms with Crippen LogP contribution in [0.2, 0.25) is 0 Å². The zero-order valence-electron chi connectivity index (χ0n) is 11.9. The lowest BCUT2D eigenvalue weighted by Gasteiger charge is -2.17. The van der Waals surface area contributed by atoms with E-state index in [0.29, 0.717) is 5.56 Å². The third-order valence-electron chi connectivity index (χ3n) is 3.61. The Bertz CT molecular complexity index is 488. The summed E-state index contributed by atoms with van der Waals surface area (Å²) in [6.07, 6.45) is 5.05. The Balaban J connectivity index is 1.95. The second kappa shape index (κ2) is 7.17. The Hall–Kier alpha value is -1.72. The molecule has 1 heterocycles. The zero-order chi connectivity index (χ0) is 14.4. The summed E-state index contributed by atoms with van der Waals surface area (Å²) >= 11 is 0. The van der Waals surface area contributed by atoms with Crippen LogP contribution in [0.15, 0.2) is 30.3 Å². The summed E-state index contributed by atoms with van der Waals surface area (Å²) < 4.78 is 0. The summed E-state index contributed by atoms with van der Waals surface area (Å²) in [5, 5.41) is 10.9. The minimum atomic E-state index is -0.333. The summed E-state index contributed by atoms with van der Waals surface area (Å²) in [4.78, 5) is 15.3. The van der Waals surface area contributed by atoms with E-state index >= 15 is 0 Å². The Labute approximate surface area is 119 Å². The monoisotopic (exact) mass is 275 g/mol. The van der Waals surface area contributed by atoms with Gasteiger partial charge in [0.2, 0.25) is 0 Å². The second-order valence-electron chi connectivity index (χ2n) is 5.18. The van der Waals surface area contributed by atoms with Gasteiger partial charge in [0.15, 0.2) is 0 Å². The van der Waals surface area contributed by atoms with E-state index in [2.05, 4.69) is 16.8 Å². The molecule has 0 aromatic heterocycles. The van der Waals surface area contributed by atoms with E-state index < -0.39 is 0 Å². The lowest BCUT2D eigenvalue weighted by Crippen LogP contribution is -2.28. The van der Waals surface area contributed by atoms with Gasteiger partial charge < -0.3 is 4.90 Å². The van der Waals surface area contributed by atoms with Crippen LogP contribution in [0.25, 0.3) is 6.08 Å². The molecule has 20 heavy (non-hydrogen) atoms. The summed E-state index contributed by atoms with van der Waals surface area (Å²) in [6, 6.07) is 6.85. The minimum absolute atomic E-state index is 0.166. The fraction of sp³-hybridized carbons (Fsp3) is 0.467. The first-order chi connectivity index (χ1) is 9.66. The van der Waals surface area contributed by atoms with Crippen molar-refractivity contribution < 1.29 is 4.92 Å². The van der Waals surface area contributed by atoms with Crippen LogP contribution in [0.3, 0.4) is 0 Å². The highest BCUT2D eigenvalue weighted by Gasteiger charge is 2.11. The Morgan fingerprint density at radius 3 is 2.85 bits per heavy atom. The van der Waals surface area contributed by atoms with Crippen molar-refractivity contribution in [2.24, 2.45) is 0 Å². The molecule has 0 bridgehead atoms. The molecule has 0 spiro atoms. The molecular formula is C15H21N3O2. The molecule has 0 unspecified atom stereocenters. The predicted octanol–water partition coefficient (Wildman–Crippen LogP) is 2.25. The van der Waals surface area contributed by atoms with Gasteiger partial charge in [-0.05, 0) is 32.6 Å². The van der Waals surface area contributed by atoms with Gasteiger partial charge in [0, 0.05) is 25.7 Å². The van der Waals surface area contributed by atoms with Gasteiger partial charge in [-0.15, -0.1) is 0 Å². The van der Waals surface area contributed by atoms with E-state index in [-0.39, 0.29) is 10.6 Å². The van der Waals surface area contributed by atoms with Crippen molar-refractivity contribution in [2.75, 3.05) is 39.8 Å². The maximum atomic E-state index is 10.9. The maximum absolute atomic E-state index is 10.9. The lowest BCUT2D eigenvalue weighted by molar-refractivity contribution is -0.385. The molecule has 0 atom stereocenters. The van der Waals surface area contributed by atoms with Crippen LogP contribution in [0.4, 0.5) is 5.69 Å². The highest BCUT2D eigenvalue weighted by molar-refractivity contribution is 5.60. The van der Waals surface area contributed by atoms with E-state index in [9.17, 15) is 10.1 Å². The van der Waals surface area contributed by atoms with Gasteiger partial charge in [-0.3, -0.25) is 15.0 Å². The molecule has 5 nitrogen and oxygen atoms in total. The molecule has 1 aromatic carbocycles. The van der Waals surface area contributed by atoms with E-state index in [4.69, 9.17) is 0 Å². The molecule has 0 radical (unpaired) electrons. The summed E-state index contributed by atoms with van der Waals surface area (Å²) in [5.74, 6) is 0. The number of nitro groups is 1. The van der Waals surface area contributed by atoms with Gasteiger partial charge in [0.1, 0.15) is 0 Å². The average Bonchev–Trinajstić information content (AvgIpc) is 2.64. The quantitative estimate of drug-likeness (QED) is 0.624. The summed E-state index contributed by atoms with van der Waals surface area (Å²) in [6.45, 7) is 5.22. The van der Waals surface area contributed by atoms with Crippen LogP contribution in [-0.4, -0.2) is 54.5 Å². The fourth-order valence-electron chi connectivity index (χ4n) is 2.41. The molecule has 0 aliphatic carbocycles. The third-order valence-corrected chi connectivity index (χ3v) is 3.61. The molecule has 1 aliphatic rings. The van der Waals surface area contributed by atoms with Crippen LogP contribution >= 0.6 is 0 Å². The van der Waals surface area contributed by atoms with Crippen molar-refractivity contribution in [1.29, 1.82) is 0 Å². The van der Waals surface area contributed by atoms with Crippen LogP contribution in [-0.2, 0) is 0 Å². The smallest absolute Gasteiger partial charge is 0.276 e. The largest absolute Gasteiger partial charge is 0.305 e. The molecular weight excluding hydrogens is 254 g/mol. The number of nitrogens with zero attached hydrogens (tertiary/aromatic N) is 3. The SMILES string of the molecule is CN1CCCN(CC=Cc2ccccc2[N+](=O)[O-])CC1. The van der Waals surface area contributed by atoms with Crippen LogP contribution in [0.1, 0.15) is 12.0 Å². The van der Waals surface area contributed by atoms with Crippen molar-refractivity contribution in [2.45, 2.75) is 6.42 Å². The number of benzene rings is 1. The first-order valence-corrected chi connectivity index (χ1v) is 6.97. The van der Waals surface area contributed by atoms with E-state index in [1.54, 1.807) is 18.2 Å². The second-order valence-corrected chi connectivity index (χ2v) is 5.18. The Kier molecular flexibility index (Phi) is 5.26. The molecule has 1 saturated heterocycles. The van der Waals surface area contributed by atoms with E-state index in [1.165, 1.54) is 6.42 Å². The number of rotatable bonds is 4. The van der Waals surface area contributed by atoms with Gasteiger partial charge >= 0.3 is 0 Å². The number of nitro benzene ring substituents is 1. The maximum Gasteiger partial charge on any atom is 0.276 e. The van der Waals surface area contributed by atoms with E-state index in [1.807, 2.05) is 18.2 Å². The van der Waals surface area contributed by atoms with Crippen molar-refractivity contribution in [1.82, 2.24) is 9.80 Å². The van der Waals surface area contributed by atoms with Crippen molar-refractivity contribution in [3.8, 4) is 0 Å². The van der Waals surface area contributed by atoms with E-state index in [0.717, 1.165) is 32.7 Å². The van der Waals surface area contributed by atoms with Crippen LogP contribution in [0, 0.1) is 10.1 Å². The molecule has 108 valence electrons. The number of hydrogen-bond donors (Lipinski definition) is 0. The molecule has 0 N–H and O–H groups in total. The van der Waals surface area contributed by atoms with Gasteiger partial charge in [-0.1, -0.05) is 24.3 Å². The first-order valence-electron chi connectivity index (χ1n) is 6.97. The molecule has 2 rings (SSSR count). The Morgan fingerprint density at radius 2 is 2.05 bits per heavy atom. The van der Waals surface area contributed by atoms with Crippen LogP contribution in [0.5, 0.6) is 0 Å². The Morgan fingerprint density at radius 1 is 1.25 bits per heavy atom. The topological polar surface area (TPSA) is 49.6 Å². The average molecular weight is 275 g/mol. The third kappa shape index (κ3) is 4.15. The predicted molar refractivity (Wildman–Crippen MR) is 80.7 cm³/mol. The summed E-state index contributed by atoms with van der Waals surface area (Å²) in [5.41, 5.74) is 0.837. The van der Waals surface area contributed by atoms with Crippen molar-refractivity contribution >= 4 is 11.8 Å². The number of para-hydroxylation sites is 1. The highest BCUT2D eigenvalue weighted by atomic mass is 16.6. The van der Waals surface area contributed by atoms with Crippen molar-refractivity contribution in [3.63, 3.8) is 0 Å². The van der Waals surface area contributed by atoms with Gasteiger partial charge in [0.05, 0.1) is 10.5 Å². The van der Waals surface area contributed by atoms with Crippen molar-refractivity contribution in [3.05, 3.63) is 46.0 Å². The highest BCUT2D eigenvalue weighted by Crippen LogP contribution is 2.18. The molecule has 0 amide bonds. The molecule has 1 aliphatic heterocycles. The normalized spacial score (nSPS) is 18.2. The molecule has 1 fully saturated rings. The number of hydrogen-bond acceptors (Lipinski definition) is 4. The molecule has 0 saturated carbocycles. The zero-order valence-corrected chi connectivity index (χ0v) is 11.9. The van der Waals surface area contributed by atoms with Gasteiger partial charge in [-0.25, -0.2) is 0 Å². The van der Waals surface area contributed by atoms with Gasteiger partial charge in [0.25, 0.3) is 5.69 Å². The number of likely N-dealkylation sites (N-methyl/N-ethyl adjacent to an activating group) is 1. The molecule has 1 aromatic rings. The summed E-state index contributed by atoms with van der Waals surface area (Å²) in [7, 11) is 2.15. The minimum Gasteiger partial charge on any atom is -0.305 e. The van der Waals surface area contributed by atoms with Gasteiger partial charge in [-0.2, -0.15) is 0 Å². The van der Waals surface area contributed by atoms with Crippen LogP contribution < -0.4 is 0 Å². The standard InChI is InChI=1S/C15H21N3O2/c1-16-9-5-11-17(13-12-16)10-4-7-14-6-2-3-8-15(14)18(19)20/h2-4,6-8H,5,9-13H2,1H3. The molecule has 5 heteroatoms. The lowest BCUT2D eigenvalue weighted by atomic mass is 10.1. The first kappa shape index (κ1) is 14.7.